The number of aromatic carboxylic acids is 1. The predicted octanol–water partition coefficient (Wildman–Crippen LogP) is 2.01. The van der Waals surface area contributed by atoms with Gasteiger partial charge in [-0.25, -0.2) is 9.78 Å². The number of rotatable bonds is 3. The van der Waals surface area contributed by atoms with Gasteiger partial charge in [0.15, 0.2) is 0 Å². The van der Waals surface area contributed by atoms with Gasteiger partial charge in [-0.2, -0.15) is 0 Å². The van der Waals surface area contributed by atoms with Crippen LogP contribution in [0.1, 0.15) is 20.8 Å². The third-order valence-electron chi connectivity index (χ3n) is 2.20. The molecule has 92 valence electrons. The van der Waals surface area contributed by atoms with Crippen LogP contribution in [0.4, 0.5) is 5.69 Å². The molecule has 0 atom stereocenters. The van der Waals surface area contributed by atoms with Crippen molar-refractivity contribution in [2.75, 3.05) is 5.32 Å². The van der Waals surface area contributed by atoms with E-state index < -0.39 is 11.9 Å². The van der Waals surface area contributed by atoms with Crippen molar-refractivity contribution in [2.45, 2.75) is 0 Å². The lowest BCUT2D eigenvalue weighted by atomic mass is 10.1. The van der Waals surface area contributed by atoms with E-state index >= 15 is 0 Å². The summed E-state index contributed by atoms with van der Waals surface area (Å²) in [7, 11) is 0. The van der Waals surface area contributed by atoms with Gasteiger partial charge in [0.1, 0.15) is 5.69 Å². The van der Waals surface area contributed by atoms with Crippen molar-refractivity contribution in [3.63, 3.8) is 0 Å². The maximum atomic E-state index is 11.7. The fourth-order valence-electron chi connectivity index (χ4n) is 1.38. The molecule has 0 unspecified atom stereocenters. The fourth-order valence-corrected chi connectivity index (χ4v) is 1.55. The van der Waals surface area contributed by atoms with E-state index in [0.29, 0.717) is 5.02 Å². The Bertz CT molecular complexity index is 596. The van der Waals surface area contributed by atoms with Crippen LogP contribution in [0.25, 0.3) is 0 Å². The van der Waals surface area contributed by atoms with Crippen LogP contribution in [-0.2, 0) is 0 Å². The standard InChI is InChI=1S/C11H8ClN3O3/c12-6-1-2-7(11(17)18)8(3-6)15-10(16)9-4-13-5-14-9/h1-5H,(H,13,14)(H,15,16)(H,17,18). The molecular formula is C11H8ClN3O3. The molecule has 0 aliphatic rings. The van der Waals surface area contributed by atoms with Crippen molar-refractivity contribution >= 4 is 29.2 Å². The van der Waals surface area contributed by atoms with Gasteiger partial charge in [-0.05, 0) is 18.2 Å². The molecule has 1 aromatic carbocycles. The summed E-state index contributed by atoms with van der Waals surface area (Å²) in [5.74, 6) is -1.64. The van der Waals surface area contributed by atoms with E-state index in [4.69, 9.17) is 16.7 Å². The number of nitrogens with zero attached hydrogens (tertiary/aromatic N) is 1. The molecule has 0 spiro atoms. The Morgan fingerprint density at radius 2 is 2.17 bits per heavy atom. The van der Waals surface area contributed by atoms with Crippen LogP contribution in [0.5, 0.6) is 0 Å². The van der Waals surface area contributed by atoms with Gasteiger partial charge in [0.25, 0.3) is 5.91 Å². The van der Waals surface area contributed by atoms with E-state index in [9.17, 15) is 9.59 Å². The Labute approximate surface area is 107 Å². The highest BCUT2D eigenvalue weighted by atomic mass is 35.5. The highest BCUT2D eigenvalue weighted by molar-refractivity contribution is 6.31. The fraction of sp³-hybridized carbons (Fsp3) is 0. The van der Waals surface area contributed by atoms with Crippen LogP contribution < -0.4 is 5.32 Å². The van der Waals surface area contributed by atoms with Crippen LogP contribution in [0.3, 0.4) is 0 Å². The molecule has 6 nitrogen and oxygen atoms in total. The summed E-state index contributed by atoms with van der Waals surface area (Å²) in [6, 6.07) is 4.14. The van der Waals surface area contributed by atoms with Gasteiger partial charge < -0.3 is 15.4 Å². The second kappa shape index (κ2) is 4.89. The van der Waals surface area contributed by atoms with Gasteiger partial charge in [0.2, 0.25) is 0 Å². The maximum absolute atomic E-state index is 11.7. The molecule has 2 rings (SSSR count). The number of carboxylic acid groups (broad SMARTS) is 1. The molecule has 3 N–H and O–H groups in total. The van der Waals surface area contributed by atoms with E-state index in [1.165, 1.54) is 30.7 Å². The van der Waals surface area contributed by atoms with Crippen LogP contribution in [-0.4, -0.2) is 27.0 Å². The van der Waals surface area contributed by atoms with Gasteiger partial charge in [-0.1, -0.05) is 11.6 Å². The average molecular weight is 266 g/mol. The first-order valence-corrected chi connectivity index (χ1v) is 5.28. The lowest BCUT2D eigenvalue weighted by molar-refractivity contribution is 0.0698. The summed E-state index contributed by atoms with van der Waals surface area (Å²) in [6.45, 7) is 0. The predicted molar refractivity (Wildman–Crippen MR) is 65.0 cm³/mol. The maximum Gasteiger partial charge on any atom is 0.337 e. The Kier molecular flexibility index (Phi) is 3.29. The molecule has 0 fully saturated rings. The lowest BCUT2D eigenvalue weighted by Gasteiger charge is -2.07. The second-order valence-corrected chi connectivity index (χ2v) is 3.85. The summed E-state index contributed by atoms with van der Waals surface area (Å²) in [5, 5.41) is 11.8. The van der Waals surface area contributed by atoms with Crippen molar-refractivity contribution in [2.24, 2.45) is 0 Å². The lowest BCUT2D eigenvalue weighted by Crippen LogP contribution is -2.15. The molecule has 1 amide bonds. The minimum absolute atomic E-state index is 0.0349. The Hall–Kier alpha value is -2.34. The molecule has 1 aromatic heterocycles. The normalized spacial score (nSPS) is 10.1. The van der Waals surface area contributed by atoms with Crippen LogP contribution in [0.15, 0.2) is 30.7 Å². The molecule has 0 bridgehead atoms. The molecular weight excluding hydrogens is 258 g/mol. The minimum Gasteiger partial charge on any atom is -0.478 e. The summed E-state index contributed by atoms with van der Waals surface area (Å²) >= 11 is 5.77. The smallest absolute Gasteiger partial charge is 0.337 e. The molecule has 0 radical (unpaired) electrons. The number of aromatic nitrogens is 2. The van der Waals surface area contributed by atoms with E-state index in [2.05, 4.69) is 15.3 Å². The Balaban J connectivity index is 2.31. The monoisotopic (exact) mass is 265 g/mol. The number of carbonyl (C=O) groups is 2. The first kappa shape index (κ1) is 12.1. The summed E-state index contributed by atoms with van der Waals surface area (Å²) < 4.78 is 0. The first-order valence-electron chi connectivity index (χ1n) is 4.90. The summed E-state index contributed by atoms with van der Waals surface area (Å²) in [5.41, 5.74) is 0.327. The zero-order valence-corrected chi connectivity index (χ0v) is 9.73. The molecule has 7 heteroatoms. The number of carbonyl (C=O) groups excluding carboxylic acids is 1. The number of benzene rings is 1. The van der Waals surface area contributed by atoms with E-state index in [0.717, 1.165) is 0 Å². The van der Waals surface area contributed by atoms with E-state index in [1.54, 1.807) is 0 Å². The topological polar surface area (TPSA) is 95.1 Å². The molecule has 1 heterocycles. The second-order valence-electron chi connectivity index (χ2n) is 3.41. The number of hydrogen-bond acceptors (Lipinski definition) is 3. The number of amides is 1. The number of nitrogens with one attached hydrogen (secondary N) is 2. The number of anilines is 1. The molecule has 18 heavy (non-hydrogen) atoms. The quantitative estimate of drug-likeness (QED) is 0.791. The third kappa shape index (κ3) is 2.49. The minimum atomic E-state index is -1.15. The van der Waals surface area contributed by atoms with Crippen LogP contribution in [0.2, 0.25) is 5.02 Å². The van der Waals surface area contributed by atoms with Crippen molar-refractivity contribution < 1.29 is 14.7 Å². The summed E-state index contributed by atoms with van der Waals surface area (Å²) in [4.78, 5) is 29.0. The third-order valence-corrected chi connectivity index (χ3v) is 2.44. The van der Waals surface area contributed by atoms with Gasteiger partial charge >= 0.3 is 5.97 Å². The van der Waals surface area contributed by atoms with Crippen molar-refractivity contribution in [3.05, 3.63) is 47.0 Å². The highest BCUT2D eigenvalue weighted by Gasteiger charge is 2.14. The van der Waals surface area contributed by atoms with E-state index in [1.807, 2.05) is 0 Å². The molecule has 0 aliphatic heterocycles. The van der Waals surface area contributed by atoms with Crippen molar-refractivity contribution in [1.82, 2.24) is 9.97 Å². The van der Waals surface area contributed by atoms with Gasteiger partial charge in [0.05, 0.1) is 23.8 Å². The summed E-state index contributed by atoms with van der Waals surface area (Å²) in [6.07, 6.45) is 2.69. The molecule has 2 aromatic rings. The van der Waals surface area contributed by atoms with Gasteiger partial charge in [-0.15, -0.1) is 0 Å². The molecule has 0 saturated heterocycles. The molecule has 0 aliphatic carbocycles. The number of H-pyrrole nitrogens is 1. The van der Waals surface area contributed by atoms with Gasteiger partial charge in [0, 0.05) is 5.02 Å². The number of carboxylic acids is 1. The highest BCUT2D eigenvalue weighted by Crippen LogP contribution is 2.21. The number of hydrogen-bond donors (Lipinski definition) is 3. The first-order chi connectivity index (χ1) is 8.58. The Morgan fingerprint density at radius 3 is 2.78 bits per heavy atom. The number of imidazole rings is 1. The van der Waals surface area contributed by atoms with Crippen molar-refractivity contribution in [3.8, 4) is 0 Å². The number of halogens is 1. The van der Waals surface area contributed by atoms with E-state index in [-0.39, 0.29) is 16.9 Å². The van der Waals surface area contributed by atoms with Crippen LogP contribution >= 0.6 is 11.6 Å². The zero-order chi connectivity index (χ0) is 13.1. The average Bonchev–Trinajstić information content (AvgIpc) is 2.81. The largest absolute Gasteiger partial charge is 0.478 e. The SMILES string of the molecule is O=C(Nc1cc(Cl)ccc1C(=O)O)c1cnc[nH]1. The Morgan fingerprint density at radius 1 is 1.39 bits per heavy atom. The van der Waals surface area contributed by atoms with Crippen molar-refractivity contribution in [1.29, 1.82) is 0 Å². The number of aromatic amines is 1. The van der Waals surface area contributed by atoms with Crippen LogP contribution in [0, 0.1) is 0 Å². The molecule has 0 saturated carbocycles. The van der Waals surface area contributed by atoms with Gasteiger partial charge in [-0.3, -0.25) is 4.79 Å². The zero-order valence-electron chi connectivity index (χ0n) is 8.98.